The fraction of sp³-hybridized carbons (Fsp3) is 0.105. The first-order chi connectivity index (χ1) is 12.7. The topological polar surface area (TPSA) is 56.7 Å². The maximum Gasteiger partial charge on any atom is 0.247 e. The Morgan fingerprint density at radius 2 is 1.88 bits per heavy atom. The molecule has 26 heavy (non-hydrogen) atoms. The van der Waals surface area contributed by atoms with Crippen molar-refractivity contribution in [3.8, 4) is 11.5 Å². The van der Waals surface area contributed by atoms with Crippen molar-refractivity contribution in [2.75, 3.05) is 0 Å². The SMILES string of the molecule is Clc1cccc(Cc2nnc(-c3ccc(Cn4cc(Br)cn4)cc3)o2)c1. The first-order valence-electron chi connectivity index (χ1n) is 8.00. The summed E-state index contributed by atoms with van der Waals surface area (Å²) in [6.45, 7) is 0.704. The van der Waals surface area contributed by atoms with Crippen molar-refractivity contribution in [1.82, 2.24) is 20.0 Å². The van der Waals surface area contributed by atoms with Gasteiger partial charge in [-0.1, -0.05) is 35.9 Å². The Morgan fingerprint density at radius 1 is 1.04 bits per heavy atom. The lowest BCUT2D eigenvalue weighted by atomic mass is 10.1. The van der Waals surface area contributed by atoms with Gasteiger partial charge in [-0.2, -0.15) is 5.10 Å². The van der Waals surface area contributed by atoms with Crippen LogP contribution in [0.15, 0.2) is 69.8 Å². The van der Waals surface area contributed by atoms with E-state index in [4.69, 9.17) is 16.0 Å². The van der Waals surface area contributed by atoms with Crippen molar-refractivity contribution < 1.29 is 4.42 Å². The van der Waals surface area contributed by atoms with Crippen molar-refractivity contribution in [2.45, 2.75) is 13.0 Å². The molecule has 0 amide bonds. The van der Waals surface area contributed by atoms with E-state index in [9.17, 15) is 0 Å². The van der Waals surface area contributed by atoms with Crippen molar-refractivity contribution in [3.05, 3.63) is 87.4 Å². The van der Waals surface area contributed by atoms with E-state index in [1.54, 1.807) is 6.20 Å². The highest BCUT2D eigenvalue weighted by atomic mass is 79.9. The normalized spacial score (nSPS) is 11.0. The minimum Gasteiger partial charge on any atom is -0.420 e. The zero-order valence-electron chi connectivity index (χ0n) is 13.6. The number of halogens is 2. The monoisotopic (exact) mass is 428 g/mol. The van der Waals surface area contributed by atoms with Gasteiger partial charge in [0.2, 0.25) is 11.8 Å². The Bertz CT molecular complexity index is 1030. The Balaban J connectivity index is 1.47. The quantitative estimate of drug-likeness (QED) is 0.448. The fourth-order valence-corrected chi connectivity index (χ4v) is 3.17. The van der Waals surface area contributed by atoms with Crippen LogP contribution in [0.25, 0.3) is 11.5 Å². The molecular formula is C19H14BrClN4O. The van der Waals surface area contributed by atoms with Crippen molar-refractivity contribution in [1.29, 1.82) is 0 Å². The Labute approximate surface area is 163 Å². The van der Waals surface area contributed by atoms with Crippen molar-refractivity contribution >= 4 is 27.5 Å². The molecule has 2 aromatic carbocycles. The number of benzene rings is 2. The van der Waals surface area contributed by atoms with Crippen LogP contribution in [-0.4, -0.2) is 20.0 Å². The van der Waals surface area contributed by atoms with Crippen LogP contribution in [0.3, 0.4) is 0 Å². The molecular weight excluding hydrogens is 416 g/mol. The summed E-state index contributed by atoms with van der Waals surface area (Å²) in [5.41, 5.74) is 3.07. The smallest absolute Gasteiger partial charge is 0.247 e. The third-order valence-corrected chi connectivity index (χ3v) is 4.50. The lowest BCUT2D eigenvalue weighted by molar-refractivity contribution is 0.518. The van der Waals surface area contributed by atoms with Gasteiger partial charge in [0.1, 0.15) is 0 Å². The zero-order valence-corrected chi connectivity index (χ0v) is 16.0. The average molecular weight is 430 g/mol. The molecule has 0 unspecified atom stereocenters. The van der Waals surface area contributed by atoms with E-state index in [2.05, 4.69) is 31.2 Å². The second-order valence-corrected chi connectivity index (χ2v) is 7.21. The molecule has 5 nitrogen and oxygen atoms in total. The van der Waals surface area contributed by atoms with Crippen molar-refractivity contribution in [3.63, 3.8) is 0 Å². The molecule has 0 radical (unpaired) electrons. The highest BCUT2D eigenvalue weighted by Gasteiger charge is 2.10. The molecule has 2 heterocycles. The van der Waals surface area contributed by atoms with E-state index < -0.39 is 0 Å². The summed E-state index contributed by atoms with van der Waals surface area (Å²) in [4.78, 5) is 0. The third-order valence-electron chi connectivity index (χ3n) is 3.86. The maximum atomic E-state index is 6.01. The highest BCUT2D eigenvalue weighted by Crippen LogP contribution is 2.21. The molecule has 2 aromatic heterocycles. The largest absolute Gasteiger partial charge is 0.420 e. The van der Waals surface area contributed by atoms with Crippen LogP contribution >= 0.6 is 27.5 Å². The molecule has 0 aliphatic rings. The van der Waals surface area contributed by atoms with E-state index in [0.29, 0.717) is 29.8 Å². The van der Waals surface area contributed by atoms with E-state index >= 15 is 0 Å². The van der Waals surface area contributed by atoms with Gasteiger partial charge in [-0.15, -0.1) is 10.2 Å². The number of hydrogen-bond acceptors (Lipinski definition) is 4. The second kappa shape index (κ2) is 7.43. The molecule has 0 saturated heterocycles. The van der Waals surface area contributed by atoms with Gasteiger partial charge in [-0.3, -0.25) is 4.68 Å². The molecule has 0 atom stereocenters. The summed E-state index contributed by atoms with van der Waals surface area (Å²) in [5, 5.41) is 13.2. The number of aromatic nitrogens is 4. The minimum absolute atomic E-state index is 0.510. The summed E-state index contributed by atoms with van der Waals surface area (Å²) in [5.74, 6) is 1.07. The molecule has 0 aliphatic carbocycles. The van der Waals surface area contributed by atoms with Crippen LogP contribution in [0.4, 0.5) is 0 Å². The summed E-state index contributed by atoms with van der Waals surface area (Å²) in [7, 11) is 0. The molecule has 0 bridgehead atoms. The fourth-order valence-electron chi connectivity index (χ4n) is 2.63. The van der Waals surface area contributed by atoms with Crippen LogP contribution in [-0.2, 0) is 13.0 Å². The van der Waals surface area contributed by atoms with Crippen LogP contribution in [0.2, 0.25) is 5.02 Å². The molecule has 0 aliphatic heterocycles. The molecule has 130 valence electrons. The standard InChI is InChI=1S/C19H14BrClN4O/c20-16-10-22-25(12-16)11-13-4-6-15(7-5-13)19-24-23-18(26-19)9-14-2-1-3-17(21)8-14/h1-8,10,12H,9,11H2. The molecule has 0 saturated carbocycles. The predicted molar refractivity (Wildman–Crippen MR) is 103 cm³/mol. The van der Waals surface area contributed by atoms with Gasteiger partial charge in [0.15, 0.2) is 0 Å². The minimum atomic E-state index is 0.510. The molecule has 4 rings (SSSR count). The summed E-state index contributed by atoms with van der Waals surface area (Å²) in [6, 6.07) is 15.7. The predicted octanol–water partition coefficient (Wildman–Crippen LogP) is 4.99. The first-order valence-corrected chi connectivity index (χ1v) is 9.17. The Hall–Kier alpha value is -2.44. The van der Waals surface area contributed by atoms with Gasteiger partial charge in [0.25, 0.3) is 0 Å². The second-order valence-electron chi connectivity index (χ2n) is 5.86. The lowest BCUT2D eigenvalue weighted by Gasteiger charge is -2.02. The summed E-state index contributed by atoms with van der Waals surface area (Å²) < 4.78 is 8.62. The molecule has 7 heteroatoms. The Morgan fingerprint density at radius 3 is 2.62 bits per heavy atom. The molecule has 0 fully saturated rings. The third kappa shape index (κ3) is 4.03. The Kier molecular flexibility index (Phi) is 4.86. The summed E-state index contributed by atoms with van der Waals surface area (Å²) in [6.07, 6.45) is 4.27. The van der Waals surface area contributed by atoms with Gasteiger partial charge in [-0.25, -0.2) is 0 Å². The van der Waals surface area contributed by atoms with Gasteiger partial charge in [0.05, 0.1) is 23.6 Å². The number of hydrogen-bond donors (Lipinski definition) is 0. The lowest BCUT2D eigenvalue weighted by Crippen LogP contribution is -1.99. The van der Waals surface area contributed by atoms with E-state index in [1.165, 1.54) is 0 Å². The average Bonchev–Trinajstić information content (AvgIpc) is 3.25. The number of rotatable bonds is 5. The van der Waals surface area contributed by atoms with Gasteiger partial charge >= 0.3 is 0 Å². The van der Waals surface area contributed by atoms with Gasteiger partial charge in [0, 0.05) is 16.8 Å². The van der Waals surface area contributed by atoms with Crippen LogP contribution in [0.5, 0.6) is 0 Å². The summed E-state index contributed by atoms with van der Waals surface area (Å²) >= 11 is 9.41. The van der Waals surface area contributed by atoms with Crippen molar-refractivity contribution in [2.24, 2.45) is 0 Å². The van der Waals surface area contributed by atoms with Gasteiger partial charge < -0.3 is 4.42 Å². The molecule has 4 aromatic rings. The van der Waals surface area contributed by atoms with Crippen LogP contribution in [0.1, 0.15) is 17.0 Å². The molecule has 0 N–H and O–H groups in total. The van der Waals surface area contributed by atoms with Crippen LogP contribution in [0, 0.1) is 0 Å². The maximum absolute atomic E-state index is 6.01. The zero-order chi connectivity index (χ0) is 17.9. The van der Waals surface area contributed by atoms with E-state index in [-0.39, 0.29) is 0 Å². The first kappa shape index (κ1) is 17.0. The van der Waals surface area contributed by atoms with Gasteiger partial charge in [-0.05, 0) is 51.3 Å². The van der Waals surface area contributed by atoms with E-state index in [1.807, 2.05) is 59.4 Å². The number of nitrogens with zero attached hydrogens (tertiary/aromatic N) is 4. The molecule has 0 spiro atoms. The highest BCUT2D eigenvalue weighted by molar-refractivity contribution is 9.10. The van der Waals surface area contributed by atoms with E-state index in [0.717, 1.165) is 21.2 Å². The van der Waals surface area contributed by atoms with Crippen LogP contribution < -0.4 is 0 Å².